The van der Waals surface area contributed by atoms with Crippen LogP contribution in [0.25, 0.3) is 0 Å². The molecule has 0 radical (unpaired) electrons. The average Bonchev–Trinajstić information content (AvgIpc) is 2.39. The van der Waals surface area contributed by atoms with Crippen LogP contribution >= 0.6 is 11.8 Å². The van der Waals surface area contributed by atoms with Crippen molar-refractivity contribution >= 4 is 11.8 Å². The lowest BCUT2D eigenvalue weighted by Crippen LogP contribution is -2.44. The van der Waals surface area contributed by atoms with Crippen molar-refractivity contribution in [2.45, 2.75) is 38.3 Å². The molecule has 2 saturated heterocycles. The van der Waals surface area contributed by atoms with Crippen molar-refractivity contribution in [1.29, 1.82) is 0 Å². The van der Waals surface area contributed by atoms with Gasteiger partial charge in [-0.2, -0.15) is 11.8 Å². The quantitative estimate of drug-likeness (QED) is 0.809. The molecule has 1 N–H and O–H groups in total. The smallest absolute Gasteiger partial charge is 0.0702 e. The van der Waals surface area contributed by atoms with Gasteiger partial charge in [-0.05, 0) is 39.3 Å². The zero-order valence-corrected chi connectivity index (χ0v) is 11.8. The minimum Gasteiger partial charge on any atom is -0.377 e. The number of nitrogens with zero attached hydrogens (tertiary/aromatic N) is 1. The molecule has 17 heavy (non-hydrogen) atoms. The van der Waals surface area contributed by atoms with E-state index in [4.69, 9.17) is 4.74 Å². The van der Waals surface area contributed by atoms with E-state index in [-0.39, 0.29) is 0 Å². The zero-order chi connectivity index (χ0) is 11.9. The van der Waals surface area contributed by atoms with Crippen LogP contribution in [0.3, 0.4) is 0 Å². The highest BCUT2D eigenvalue weighted by molar-refractivity contribution is 7.99. The van der Waals surface area contributed by atoms with E-state index < -0.39 is 0 Å². The van der Waals surface area contributed by atoms with Gasteiger partial charge in [0.2, 0.25) is 0 Å². The second-order valence-corrected chi connectivity index (χ2v) is 6.18. The average molecular weight is 258 g/mol. The molecule has 0 saturated carbocycles. The van der Waals surface area contributed by atoms with Gasteiger partial charge in [0.1, 0.15) is 0 Å². The molecule has 2 rings (SSSR count). The Hall–Kier alpha value is 0.230. The largest absolute Gasteiger partial charge is 0.377 e. The number of hydrogen-bond acceptors (Lipinski definition) is 4. The molecule has 0 spiro atoms. The van der Waals surface area contributed by atoms with Gasteiger partial charge in [-0.1, -0.05) is 0 Å². The first kappa shape index (κ1) is 13.7. The Balaban J connectivity index is 1.64. The summed E-state index contributed by atoms with van der Waals surface area (Å²) >= 11 is 2.09. The molecular formula is C13H26N2OS. The molecule has 0 bridgehead atoms. The maximum absolute atomic E-state index is 5.74. The molecule has 2 unspecified atom stereocenters. The molecule has 0 aromatic heterocycles. The standard InChI is InChI=1S/C13H26N2OS/c1-2-16-13-4-3-7-15(10-13)8-5-12-11-17-9-6-14-12/h12-14H,2-11H2,1H3. The Kier molecular flexibility index (Phi) is 6.12. The molecule has 3 nitrogen and oxygen atoms in total. The normalized spacial score (nSPS) is 31.6. The Morgan fingerprint density at radius 2 is 2.41 bits per heavy atom. The fraction of sp³-hybridized carbons (Fsp3) is 1.00. The number of hydrogen-bond donors (Lipinski definition) is 1. The number of rotatable bonds is 5. The van der Waals surface area contributed by atoms with Crippen molar-refractivity contribution in [3.8, 4) is 0 Å². The predicted molar refractivity (Wildman–Crippen MR) is 74.8 cm³/mol. The lowest BCUT2D eigenvalue weighted by Gasteiger charge is -2.34. The van der Waals surface area contributed by atoms with E-state index in [1.165, 1.54) is 50.4 Å². The fourth-order valence-corrected chi connectivity index (χ4v) is 3.73. The van der Waals surface area contributed by atoms with E-state index in [9.17, 15) is 0 Å². The third-order valence-corrected chi connectivity index (χ3v) is 4.79. The van der Waals surface area contributed by atoms with E-state index in [2.05, 4.69) is 28.9 Å². The third-order valence-electron chi connectivity index (χ3n) is 3.66. The molecule has 0 aromatic carbocycles. The lowest BCUT2D eigenvalue weighted by molar-refractivity contribution is 0.00521. The van der Waals surface area contributed by atoms with Gasteiger partial charge in [0.25, 0.3) is 0 Å². The maximum atomic E-state index is 5.74. The number of thioether (sulfide) groups is 1. The van der Waals surface area contributed by atoms with Crippen LogP contribution in [0.4, 0.5) is 0 Å². The van der Waals surface area contributed by atoms with Crippen LogP contribution in [-0.2, 0) is 4.74 Å². The van der Waals surface area contributed by atoms with E-state index >= 15 is 0 Å². The Labute approximate surface area is 110 Å². The molecule has 0 amide bonds. The van der Waals surface area contributed by atoms with E-state index in [0.717, 1.165) is 19.2 Å². The van der Waals surface area contributed by atoms with Crippen LogP contribution in [0.15, 0.2) is 0 Å². The highest BCUT2D eigenvalue weighted by Gasteiger charge is 2.21. The molecule has 0 aliphatic carbocycles. The van der Waals surface area contributed by atoms with Gasteiger partial charge in [-0.25, -0.2) is 0 Å². The number of ether oxygens (including phenoxy) is 1. The molecule has 4 heteroatoms. The second-order valence-electron chi connectivity index (χ2n) is 5.03. The summed E-state index contributed by atoms with van der Waals surface area (Å²) in [6, 6.07) is 0.737. The summed E-state index contributed by atoms with van der Waals surface area (Å²) in [5.41, 5.74) is 0. The lowest BCUT2D eigenvalue weighted by atomic mass is 10.1. The van der Waals surface area contributed by atoms with Crippen LogP contribution < -0.4 is 5.32 Å². The van der Waals surface area contributed by atoms with Gasteiger partial charge < -0.3 is 15.0 Å². The minimum atomic E-state index is 0.488. The van der Waals surface area contributed by atoms with Crippen LogP contribution in [0.5, 0.6) is 0 Å². The van der Waals surface area contributed by atoms with Crippen molar-refractivity contribution in [2.75, 3.05) is 44.3 Å². The molecular weight excluding hydrogens is 232 g/mol. The summed E-state index contributed by atoms with van der Waals surface area (Å²) in [6.45, 7) is 7.80. The summed E-state index contributed by atoms with van der Waals surface area (Å²) in [6.07, 6.45) is 4.34. The molecule has 2 aliphatic rings. The fourth-order valence-electron chi connectivity index (χ4n) is 2.73. The first-order chi connectivity index (χ1) is 8.38. The second kappa shape index (κ2) is 7.62. The van der Waals surface area contributed by atoms with Crippen molar-refractivity contribution in [2.24, 2.45) is 0 Å². The Bertz CT molecular complexity index is 208. The predicted octanol–water partition coefficient (Wildman–Crippen LogP) is 1.58. The van der Waals surface area contributed by atoms with Crippen molar-refractivity contribution in [3.05, 3.63) is 0 Å². The minimum absolute atomic E-state index is 0.488. The monoisotopic (exact) mass is 258 g/mol. The van der Waals surface area contributed by atoms with Crippen LogP contribution in [0, 0.1) is 0 Å². The van der Waals surface area contributed by atoms with Gasteiger partial charge >= 0.3 is 0 Å². The summed E-state index contributed by atoms with van der Waals surface area (Å²) in [7, 11) is 0. The Morgan fingerprint density at radius 1 is 1.47 bits per heavy atom. The van der Waals surface area contributed by atoms with Crippen LogP contribution in [-0.4, -0.2) is 61.3 Å². The topological polar surface area (TPSA) is 24.5 Å². The van der Waals surface area contributed by atoms with E-state index in [0.29, 0.717) is 6.10 Å². The van der Waals surface area contributed by atoms with Gasteiger partial charge in [0.05, 0.1) is 6.10 Å². The first-order valence-electron chi connectivity index (χ1n) is 7.03. The van der Waals surface area contributed by atoms with Crippen LogP contribution in [0.1, 0.15) is 26.2 Å². The zero-order valence-electron chi connectivity index (χ0n) is 11.0. The van der Waals surface area contributed by atoms with Crippen LogP contribution in [0.2, 0.25) is 0 Å². The van der Waals surface area contributed by atoms with Gasteiger partial charge in [0.15, 0.2) is 0 Å². The maximum Gasteiger partial charge on any atom is 0.0702 e. The highest BCUT2D eigenvalue weighted by atomic mass is 32.2. The number of nitrogens with one attached hydrogen (secondary N) is 1. The summed E-state index contributed by atoms with van der Waals surface area (Å²) < 4.78 is 5.74. The molecule has 2 aliphatic heterocycles. The van der Waals surface area contributed by atoms with E-state index in [1.54, 1.807) is 0 Å². The van der Waals surface area contributed by atoms with Crippen molar-refractivity contribution < 1.29 is 4.74 Å². The molecule has 2 atom stereocenters. The summed E-state index contributed by atoms with van der Waals surface area (Å²) in [5, 5.41) is 3.62. The molecule has 2 fully saturated rings. The van der Waals surface area contributed by atoms with Gasteiger partial charge in [0, 0.05) is 37.2 Å². The molecule has 100 valence electrons. The molecule has 2 heterocycles. The summed E-state index contributed by atoms with van der Waals surface area (Å²) in [4.78, 5) is 2.59. The highest BCUT2D eigenvalue weighted by Crippen LogP contribution is 2.15. The SMILES string of the molecule is CCOC1CCCN(CCC2CSCCN2)C1. The summed E-state index contributed by atoms with van der Waals surface area (Å²) in [5.74, 6) is 2.58. The van der Waals surface area contributed by atoms with Gasteiger partial charge in [-0.3, -0.25) is 0 Å². The first-order valence-corrected chi connectivity index (χ1v) is 8.19. The third kappa shape index (κ3) is 4.78. The number of likely N-dealkylation sites (tertiary alicyclic amines) is 1. The molecule has 0 aromatic rings. The number of piperidine rings is 1. The van der Waals surface area contributed by atoms with Gasteiger partial charge in [-0.15, -0.1) is 0 Å². The van der Waals surface area contributed by atoms with E-state index in [1.807, 2.05) is 0 Å². The van der Waals surface area contributed by atoms with Crippen molar-refractivity contribution in [1.82, 2.24) is 10.2 Å². The Morgan fingerprint density at radius 3 is 3.18 bits per heavy atom. The van der Waals surface area contributed by atoms with Crippen molar-refractivity contribution in [3.63, 3.8) is 0 Å².